The molecular formula is C124H100N2. The first kappa shape index (κ1) is 76.7. The predicted molar refractivity (Wildman–Crippen MR) is 534 cm³/mol. The lowest BCUT2D eigenvalue weighted by molar-refractivity contribution is 0.660. The van der Waals surface area contributed by atoms with Crippen LogP contribution in [0.15, 0.2) is 364 Å². The molecule has 0 amide bonds. The number of hydrogen-bond acceptors (Lipinski definition) is 2. The summed E-state index contributed by atoms with van der Waals surface area (Å²) in [5, 5.41) is 0. The van der Waals surface area contributed by atoms with Crippen molar-refractivity contribution in [1.29, 1.82) is 0 Å². The van der Waals surface area contributed by atoms with Crippen LogP contribution in [0.4, 0.5) is 34.1 Å². The van der Waals surface area contributed by atoms with Gasteiger partial charge in [-0.05, 0) is 297 Å². The third kappa shape index (κ3) is 12.0. The highest BCUT2D eigenvalue weighted by molar-refractivity contribution is 5.94. The van der Waals surface area contributed by atoms with Gasteiger partial charge in [-0.3, -0.25) is 0 Å². The van der Waals surface area contributed by atoms with Crippen molar-refractivity contribution in [2.45, 2.75) is 116 Å². The molecule has 0 radical (unpaired) electrons. The van der Waals surface area contributed by atoms with Crippen molar-refractivity contribution in [3.63, 3.8) is 0 Å². The van der Waals surface area contributed by atoms with Gasteiger partial charge in [-0.1, -0.05) is 374 Å². The van der Waals surface area contributed by atoms with Crippen LogP contribution in [0.25, 0.3) is 136 Å². The normalized spacial score (nSPS) is 15.5. The molecule has 0 fully saturated rings. The van der Waals surface area contributed by atoms with Crippen molar-refractivity contribution < 1.29 is 0 Å². The molecule has 2 heteroatoms. The Balaban J connectivity index is 0.499. The van der Waals surface area contributed by atoms with Crippen molar-refractivity contribution in [2.75, 3.05) is 9.80 Å². The molecule has 0 saturated heterocycles. The van der Waals surface area contributed by atoms with Gasteiger partial charge in [0.25, 0.3) is 0 Å². The van der Waals surface area contributed by atoms with E-state index in [0.717, 1.165) is 45.3 Å². The second-order valence-corrected chi connectivity index (χ2v) is 39.2. The summed E-state index contributed by atoms with van der Waals surface area (Å²) in [6.07, 6.45) is 9.07. The van der Waals surface area contributed by atoms with Gasteiger partial charge in [0.1, 0.15) is 0 Å². The Kier molecular flexibility index (Phi) is 17.1. The molecule has 606 valence electrons. The van der Waals surface area contributed by atoms with Crippen LogP contribution in [0.2, 0.25) is 0 Å². The zero-order valence-corrected chi connectivity index (χ0v) is 73.8. The lowest BCUT2D eigenvalue weighted by atomic mass is 9.81. The van der Waals surface area contributed by atoms with E-state index in [2.05, 4.69) is 481 Å². The van der Waals surface area contributed by atoms with E-state index in [0.29, 0.717) is 0 Å². The monoisotopic (exact) mass is 1620 g/mol. The van der Waals surface area contributed by atoms with Gasteiger partial charge in [0, 0.05) is 66.6 Å². The highest BCUT2D eigenvalue weighted by atomic mass is 15.1. The smallest absolute Gasteiger partial charge is 0.0465 e. The minimum Gasteiger partial charge on any atom is -0.310 e. The second-order valence-electron chi connectivity index (χ2n) is 39.2. The summed E-state index contributed by atoms with van der Waals surface area (Å²) < 4.78 is 0. The van der Waals surface area contributed by atoms with Crippen molar-refractivity contribution >= 4 is 58.4 Å². The third-order valence-corrected chi connectivity index (χ3v) is 29.9. The summed E-state index contributed by atoms with van der Waals surface area (Å²) in [6.45, 7) is 28.5. The molecule has 6 aliphatic carbocycles. The summed E-state index contributed by atoms with van der Waals surface area (Å²) >= 11 is 0. The Morgan fingerprint density at radius 3 is 0.579 bits per heavy atom. The maximum Gasteiger partial charge on any atom is 0.0465 e. The van der Waals surface area contributed by atoms with Gasteiger partial charge < -0.3 is 9.80 Å². The number of benzene rings is 17. The quantitative estimate of drug-likeness (QED) is 0.100. The van der Waals surface area contributed by atoms with Gasteiger partial charge >= 0.3 is 0 Å². The van der Waals surface area contributed by atoms with Gasteiger partial charge in [-0.2, -0.15) is 0 Å². The van der Waals surface area contributed by atoms with E-state index < -0.39 is 0 Å². The average Bonchev–Trinajstić information content (AvgIpc) is 1.60. The van der Waals surface area contributed by atoms with E-state index in [-0.39, 0.29) is 32.5 Å². The molecule has 0 aromatic heterocycles. The number of fused-ring (bicyclic) bond motifs is 18. The summed E-state index contributed by atoms with van der Waals surface area (Å²) in [4.78, 5) is 4.90. The minimum atomic E-state index is -0.262. The molecule has 0 bridgehead atoms. The number of nitrogens with zero attached hydrogens (tertiary/aromatic N) is 2. The van der Waals surface area contributed by atoms with E-state index in [4.69, 9.17) is 0 Å². The highest BCUT2D eigenvalue weighted by Gasteiger charge is 2.42. The average molecular weight is 1620 g/mol. The molecule has 0 saturated carbocycles. The largest absolute Gasteiger partial charge is 0.310 e. The standard InChI is InChI=1S/C124H100N2/c1-119(2)107-25-17-13-21-95(107)101-63-47-85(71-113(101)119)81-39-51-89(52-40-81)125(90-53-41-82(42-54-90)86-48-64-102-96-22-14-18-26-108(96)120(3,4)114(102)72-86)93-59-67-105-99-61-37-79(69-111(99)123(9,10)117(105)75-93)35-33-77-29-31-78(32-30-77)34-36-80-38-62-100-106-68-60-94(76-118(106)124(11,12)112(100)70-80)126(91-55-43-83(44-56-91)87-49-65-103-97-23-15-19-27-109(97)121(5,6)115(103)73-87)92-57-45-84(46-58-92)88-50-66-104-98-24-16-20-28-110(98)122(7,8)116(104)74-88/h13-76H,1-12H3. The Morgan fingerprint density at radius 1 is 0.143 bits per heavy atom. The Labute approximate surface area is 742 Å². The second kappa shape index (κ2) is 28.2. The third-order valence-electron chi connectivity index (χ3n) is 29.9. The zero-order chi connectivity index (χ0) is 85.7. The van der Waals surface area contributed by atoms with Crippen LogP contribution in [0.3, 0.4) is 0 Å². The van der Waals surface area contributed by atoms with Crippen LogP contribution < -0.4 is 9.80 Å². The molecule has 0 unspecified atom stereocenters. The molecule has 2 nitrogen and oxygen atoms in total. The fourth-order valence-corrected chi connectivity index (χ4v) is 22.7. The molecule has 126 heavy (non-hydrogen) atoms. The fraction of sp³-hybridized carbons (Fsp3) is 0.145. The van der Waals surface area contributed by atoms with Gasteiger partial charge in [0.05, 0.1) is 0 Å². The van der Waals surface area contributed by atoms with Gasteiger partial charge in [0.15, 0.2) is 0 Å². The summed E-state index contributed by atoms with van der Waals surface area (Å²) in [5.74, 6) is 0. The molecule has 6 aliphatic rings. The van der Waals surface area contributed by atoms with E-state index in [1.165, 1.54) is 189 Å². The predicted octanol–water partition coefficient (Wildman–Crippen LogP) is 33.5. The van der Waals surface area contributed by atoms with Crippen LogP contribution in [0.1, 0.15) is 172 Å². The first-order valence-electron chi connectivity index (χ1n) is 45.0. The Morgan fingerprint density at radius 2 is 0.317 bits per heavy atom. The zero-order valence-electron chi connectivity index (χ0n) is 73.8. The van der Waals surface area contributed by atoms with E-state index in [9.17, 15) is 0 Å². The maximum absolute atomic E-state index is 2.46. The Bertz CT molecular complexity index is 6710. The lowest BCUT2D eigenvalue weighted by Gasteiger charge is -2.28. The first-order valence-corrected chi connectivity index (χ1v) is 45.0. The van der Waals surface area contributed by atoms with Gasteiger partial charge in [-0.15, -0.1) is 0 Å². The van der Waals surface area contributed by atoms with Crippen molar-refractivity contribution in [3.05, 3.63) is 453 Å². The molecule has 0 heterocycles. The summed E-state index contributed by atoms with van der Waals surface area (Å²) in [7, 11) is 0. The number of anilines is 6. The topological polar surface area (TPSA) is 6.48 Å². The van der Waals surface area contributed by atoms with Crippen LogP contribution in [0.5, 0.6) is 0 Å². The van der Waals surface area contributed by atoms with Crippen LogP contribution in [0, 0.1) is 0 Å². The van der Waals surface area contributed by atoms with Gasteiger partial charge in [-0.25, -0.2) is 0 Å². The van der Waals surface area contributed by atoms with Crippen molar-refractivity contribution in [3.8, 4) is 111 Å². The molecule has 0 N–H and O–H groups in total. The molecule has 17 aromatic rings. The first-order chi connectivity index (χ1) is 60.9. The lowest BCUT2D eigenvalue weighted by Crippen LogP contribution is -2.16. The molecule has 0 atom stereocenters. The summed E-state index contributed by atoms with van der Waals surface area (Å²) in [5.41, 5.74) is 52.7. The number of rotatable bonds is 14. The van der Waals surface area contributed by atoms with Crippen molar-refractivity contribution in [1.82, 2.24) is 0 Å². The van der Waals surface area contributed by atoms with E-state index in [1.54, 1.807) is 0 Å². The van der Waals surface area contributed by atoms with Crippen molar-refractivity contribution in [2.24, 2.45) is 0 Å². The van der Waals surface area contributed by atoms with E-state index in [1.807, 2.05) is 0 Å². The Hall–Kier alpha value is -14.2. The molecule has 0 spiro atoms. The molecular weight excluding hydrogens is 1520 g/mol. The highest BCUT2D eigenvalue weighted by Crippen LogP contribution is 2.58. The maximum atomic E-state index is 2.46. The number of hydrogen-bond donors (Lipinski definition) is 0. The van der Waals surface area contributed by atoms with E-state index >= 15 is 0 Å². The SMILES string of the molecule is CC1(C)c2ccccc2-c2ccc(-c3ccc(N(c4ccc(-c5ccc6c(c5)C(C)(C)c5ccccc5-6)cc4)c4ccc5c(c4)C(C)(C)c4cc(C=Cc6ccc(C=Cc7ccc8c(c7)C(C)(C)c7cc(N(c9ccc(-c%10ccc%11c(c%10)C(C)(C)c%10ccccc%10-%11)cc9)c9ccc(-c%10ccc%11c(c%10)C(C)(C)c%10ccccc%10-%11)cc9)ccc7-8)cc6)ccc4-5)cc3)cc21. The fourth-order valence-electron chi connectivity index (χ4n) is 22.7. The molecule has 0 aliphatic heterocycles. The minimum absolute atomic E-state index is 0.0791. The van der Waals surface area contributed by atoms with Crippen LogP contribution in [-0.2, 0) is 32.5 Å². The van der Waals surface area contributed by atoms with Crippen LogP contribution in [-0.4, -0.2) is 0 Å². The molecule has 17 aromatic carbocycles. The van der Waals surface area contributed by atoms with Gasteiger partial charge in [0.2, 0.25) is 0 Å². The molecule has 23 rings (SSSR count). The van der Waals surface area contributed by atoms with Crippen LogP contribution >= 0.6 is 0 Å². The summed E-state index contributed by atoms with van der Waals surface area (Å²) in [6, 6.07) is 138.